The molecule has 2 rings (SSSR count). The smallest absolute Gasteiger partial charge is 0.119 e. The van der Waals surface area contributed by atoms with Crippen molar-refractivity contribution in [2.45, 2.75) is 31.8 Å². The van der Waals surface area contributed by atoms with Crippen LogP contribution in [0, 0.1) is 0 Å². The van der Waals surface area contributed by atoms with E-state index in [9.17, 15) is 0 Å². The van der Waals surface area contributed by atoms with E-state index in [-0.39, 0.29) is 0 Å². The highest BCUT2D eigenvalue weighted by atomic mass is 16.5. The summed E-state index contributed by atoms with van der Waals surface area (Å²) in [6.07, 6.45) is 3.76. The quantitative estimate of drug-likeness (QED) is 0.847. The highest BCUT2D eigenvalue weighted by Gasteiger charge is 2.20. The molecule has 2 N–H and O–H groups in total. The Balaban J connectivity index is 1.73. The molecule has 0 saturated carbocycles. The van der Waals surface area contributed by atoms with Crippen molar-refractivity contribution < 1.29 is 4.74 Å². The third kappa shape index (κ3) is 3.45. The number of likely N-dealkylation sites (tertiary alicyclic amines) is 1. The van der Waals surface area contributed by atoms with E-state index in [1.807, 2.05) is 24.3 Å². The van der Waals surface area contributed by atoms with Crippen molar-refractivity contribution in [1.82, 2.24) is 4.90 Å². The van der Waals surface area contributed by atoms with E-state index < -0.39 is 0 Å². The fourth-order valence-corrected chi connectivity index (χ4v) is 2.38. The van der Waals surface area contributed by atoms with Crippen LogP contribution >= 0.6 is 0 Å². The van der Waals surface area contributed by atoms with Crippen LogP contribution in [0.4, 0.5) is 0 Å². The number of nitrogens with zero attached hydrogens (tertiary/aromatic N) is 1. The normalized spacial score (nSPS) is 20.7. The average Bonchev–Trinajstić information content (AvgIpc) is 2.76. The number of hydrogen-bond donors (Lipinski definition) is 1. The Bertz CT molecular complexity index is 337. The van der Waals surface area contributed by atoms with E-state index >= 15 is 0 Å². The molecule has 0 aliphatic carbocycles. The van der Waals surface area contributed by atoms with Gasteiger partial charge < -0.3 is 15.4 Å². The maximum atomic E-state index is 5.75. The minimum Gasteiger partial charge on any atom is -0.494 e. The van der Waals surface area contributed by atoms with Crippen molar-refractivity contribution in [3.63, 3.8) is 0 Å². The van der Waals surface area contributed by atoms with E-state index in [1.165, 1.54) is 19.4 Å². The molecule has 0 bridgehead atoms. The van der Waals surface area contributed by atoms with E-state index in [0.717, 1.165) is 24.3 Å². The Morgan fingerprint density at radius 2 is 2.12 bits per heavy atom. The lowest BCUT2D eigenvalue weighted by molar-refractivity contribution is 0.233. The second kappa shape index (κ2) is 6.03. The minimum absolute atomic E-state index is 0.590. The molecule has 1 heterocycles. The van der Waals surface area contributed by atoms with E-state index in [0.29, 0.717) is 12.6 Å². The summed E-state index contributed by atoms with van der Waals surface area (Å²) in [7, 11) is 2.20. The monoisotopic (exact) mass is 234 g/mol. The first-order valence-electron chi connectivity index (χ1n) is 6.41. The lowest BCUT2D eigenvalue weighted by Gasteiger charge is -2.19. The van der Waals surface area contributed by atoms with Crippen molar-refractivity contribution in [3.8, 4) is 5.75 Å². The molecule has 1 atom stereocenters. The van der Waals surface area contributed by atoms with Gasteiger partial charge in [-0.1, -0.05) is 12.1 Å². The molecule has 1 aliphatic heterocycles. The van der Waals surface area contributed by atoms with Crippen LogP contribution in [-0.4, -0.2) is 31.1 Å². The summed E-state index contributed by atoms with van der Waals surface area (Å²) in [5, 5.41) is 0. The molecule has 94 valence electrons. The SMILES string of the molecule is CN1CCCC1CCOc1ccc(CN)cc1. The largest absolute Gasteiger partial charge is 0.494 e. The van der Waals surface area contributed by atoms with Gasteiger partial charge in [0.2, 0.25) is 0 Å². The average molecular weight is 234 g/mol. The number of hydrogen-bond acceptors (Lipinski definition) is 3. The lowest BCUT2D eigenvalue weighted by Crippen LogP contribution is -2.26. The zero-order valence-corrected chi connectivity index (χ0v) is 10.6. The fraction of sp³-hybridized carbons (Fsp3) is 0.571. The molecule has 17 heavy (non-hydrogen) atoms. The van der Waals surface area contributed by atoms with Gasteiger partial charge in [-0.2, -0.15) is 0 Å². The zero-order valence-electron chi connectivity index (χ0n) is 10.6. The first-order valence-corrected chi connectivity index (χ1v) is 6.41. The minimum atomic E-state index is 0.590. The highest BCUT2D eigenvalue weighted by molar-refractivity contribution is 5.27. The summed E-state index contributed by atoms with van der Waals surface area (Å²) in [6, 6.07) is 8.76. The summed E-state index contributed by atoms with van der Waals surface area (Å²) in [4.78, 5) is 2.43. The van der Waals surface area contributed by atoms with Crippen molar-refractivity contribution in [3.05, 3.63) is 29.8 Å². The maximum Gasteiger partial charge on any atom is 0.119 e. The molecule has 3 nitrogen and oxygen atoms in total. The molecule has 1 unspecified atom stereocenters. The Hall–Kier alpha value is -1.06. The second-order valence-corrected chi connectivity index (χ2v) is 4.76. The number of rotatable bonds is 5. The molecule has 1 aromatic carbocycles. The molecular weight excluding hydrogens is 212 g/mol. The third-order valence-electron chi connectivity index (χ3n) is 3.55. The first-order chi connectivity index (χ1) is 8.29. The van der Waals surface area contributed by atoms with Crippen LogP contribution < -0.4 is 10.5 Å². The van der Waals surface area contributed by atoms with Gasteiger partial charge in [-0.25, -0.2) is 0 Å². The molecule has 0 spiro atoms. The number of benzene rings is 1. The van der Waals surface area contributed by atoms with Gasteiger partial charge in [-0.3, -0.25) is 0 Å². The van der Waals surface area contributed by atoms with Crippen molar-refractivity contribution in [2.24, 2.45) is 5.73 Å². The maximum absolute atomic E-state index is 5.75. The zero-order chi connectivity index (χ0) is 12.1. The van der Waals surface area contributed by atoms with Crippen molar-refractivity contribution >= 4 is 0 Å². The van der Waals surface area contributed by atoms with Gasteiger partial charge >= 0.3 is 0 Å². The van der Waals surface area contributed by atoms with Gasteiger partial charge in [-0.05, 0) is 50.6 Å². The molecule has 0 radical (unpaired) electrons. The van der Waals surface area contributed by atoms with Gasteiger partial charge in [0.15, 0.2) is 0 Å². The summed E-state index contributed by atoms with van der Waals surface area (Å²) >= 11 is 0. The van der Waals surface area contributed by atoms with Crippen LogP contribution in [0.25, 0.3) is 0 Å². The fourth-order valence-electron chi connectivity index (χ4n) is 2.38. The van der Waals surface area contributed by atoms with Crippen molar-refractivity contribution in [2.75, 3.05) is 20.2 Å². The van der Waals surface area contributed by atoms with Crippen LogP contribution in [0.2, 0.25) is 0 Å². The Morgan fingerprint density at radius 3 is 2.71 bits per heavy atom. The molecule has 3 heteroatoms. The molecule has 0 amide bonds. The number of nitrogens with two attached hydrogens (primary N) is 1. The topological polar surface area (TPSA) is 38.5 Å². The summed E-state index contributed by atoms with van der Waals surface area (Å²) in [6.45, 7) is 2.62. The molecule has 1 fully saturated rings. The van der Waals surface area contributed by atoms with Crippen molar-refractivity contribution in [1.29, 1.82) is 0 Å². The standard InChI is InChI=1S/C14H22N2O/c1-16-9-2-3-13(16)8-10-17-14-6-4-12(11-15)5-7-14/h4-7,13H,2-3,8-11,15H2,1H3. The van der Waals surface area contributed by atoms with E-state index in [2.05, 4.69) is 11.9 Å². The number of ether oxygens (including phenoxy) is 1. The molecule has 1 aliphatic rings. The van der Waals surface area contributed by atoms with Crippen LogP contribution in [0.5, 0.6) is 5.75 Å². The van der Waals surface area contributed by atoms with Crippen LogP contribution in [0.3, 0.4) is 0 Å². The highest BCUT2D eigenvalue weighted by Crippen LogP contribution is 2.18. The summed E-state index contributed by atoms with van der Waals surface area (Å²) < 4.78 is 5.75. The third-order valence-corrected chi connectivity index (χ3v) is 3.55. The molecule has 1 saturated heterocycles. The van der Waals surface area contributed by atoms with Gasteiger partial charge in [0, 0.05) is 12.6 Å². The molecular formula is C14H22N2O. The van der Waals surface area contributed by atoms with Gasteiger partial charge in [0.25, 0.3) is 0 Å². The summed E-state index contributed by atoms with van der Waals surface area (Å²) in [5.74, 6) is 0.947. The van der Waals surface area contributed by atoms with E-state index in [4.69, 9.17) is 10.5 Å². The van der Waals surface area contributed by atoms with Gasteiger partial charge in [0.1, 0.15) is 5.75 Å². The van der Waals surface area contributed by atoms with Crippen LogP contribution in [-0.2, 0) is 6.54 Å². The second-order valence-electron chi connectivity index (χ2n) is 4.76. The molecule has 0 aromatic heterocycles. The summed E-state index contributed by atoms with van der Waals surface area (Å²) in [5.41, 5.74) is 6.70. The van der Waals surface area contributed by atoms with Gasteiger partial charge in [0.05, 0.1) is 6.61 Å². The lowest BCUT2D eigenvalue weighted by atomic mass is 10.1. The first kappa shape index (κ1) is 12.4. The van der Waals surface area contributed by atoms with Crippen LogP contribution in [0.1, 0.15) is 24.8 Å². The van der Waals surface area contributed by atoms with E-state index in [1.54, 1.807) is 0 Å². The molecule has 1 aromatic rings. The van der Waals surface area contributed by atoms with Crippen LogP contribution in [0.15, 0.2) is 24.3 Å². The predicted molar refractivity (Wildman–Crippen MR) is 70.1 cm³/mol. The van der Waals surface area contributed by atoms with Gasteiger partial charge in [-0.15, -0.1) is 0 Å². The Morgan fingerprint density at radius 1 is 1.35 bits per heavy atom. The predicted octanol–water partition coefficient (Wildman–Crippen LogP) is 2.01. The Labute approximate surface area is 104 Å². The Kier molecular flexibility index (Phi) is 4.40.